The lowest BCUT2D eigenvalue weighted by atomic mass is 9.76. The first-order valence-electron chi connectivity index (χ1n) is 11.0. The Kier molecular flexibility index (Phi) is 5.25. The molecule has 160 valence electrons. The zero-order chi connectivity index (χ0) is 20.6. The lowest BCUT2D eigenvalue weighted by Crippen LogP contribution is -2.43. The normalized spacial score (nSPS) is 21.0. The number of benzene rings is 1. The second-order valence-electron chi connectivity index (χ2n) is 8.72. The summed E-state index contributed by atoms with van der Waals surface area (Å²) in [6, 6.07) is 8.34. The highest BCUT2D eigenvalue weighted by Gasteiger charge is 2.44. The van der Waals surface area contributed by atoms with E-state index < -0.39 is 0 Å². The summed E-state index contributed by atoms with van der Waals surface area (Å²) in [4.78, 5) is 25.5. The third kappa shape index (κ3) is 3.61. The highest BCUT2D eigenvalue weighted by atomic mass is 16.5. The van der Waals surface area contributed by atoms with Crippen molar-refractivity contribution in [3.63, 3.8) is 0 Å². The number of methoxy groups -OCH3 is 1. The largest absolute Gasteiger partial charge is 0.497 e. The highest BCUT2D eigenvalue weighted by Crippen LogP contribution is 2.44. The Morgan fingerprint density at radius 3 is 2.53 bits per heavy atom. The highest BCUT2D eigenvalue weighted by molar-refractivity contribution is 5.40. The van der Waals surface area contributed by atoms with E-state index in [0.29, 0.717) is 13.2 Å². The van der Waals surface area contributed by atoms with Crippen LogP contribution in [0.5, 0.6) is 5.75 Å². The average molecular weight is 411 g/mol. The van der Waals surface area contributed by atoms with E-state index in [1.807, 2.05) is 12.1 Å². The van der Waals surface area contributed by atoms with Gasteiger partial charge in [-0.25, -0.2) is 4.98 Å². The Morgan fingerprint density at radius 2 is 1.83 bits per heavy atom. The topological polar surface area (TPSA) is 70.7 Å². The molecule has 1 N–H and O–H groups in total. The Labute approximate surface area is 177 Å². The number of anilines is 1. The maximum absolute atomic E-state index is 12.8. The number of morpholine rings is 1. The number of aromatic amines is 1. The zero-order valence-electron chi connectivity index (χ0n) is 17.7. The van der Waals surface area contributed by atoms with Crippen LogP contribution in [0, 0.1) is 0 Å². The first kappa shape index (κ1) is 19.6. The summed E-state index contributed by atoms with van der Waals surface area (Å²) in [5.74, 6) is 1.62. The molecule has 0 atom stereocenters. The number of hydrogen-bond acceptors (Lipinski definition) is 6. The molecule has 3 aliphatic rings. The summed E-state index contributed by atoms with van der Waals surface area (Å²) < 4.78 is 10.7. The van der Waals surface area contributed by atoms with Gasteiger partial charge in [-0.3, -0.25) is 14.7 Å². The number of ether oxygens (including phenoxy) is 2. The van der Waals surface area contributed by atoms with Crippen molar-refractivity contribution in [1.82, 2.24) is 14.9 Å². The van der Waals surface area contributed by atoms with Crippen molar-refractivity contribution < 1.29 is 9.47 Å². The summed E-state index contributed by atoms with van der Waals surface area (Å²) in [5.41, 5.74) is 3.40. The molecule has 2 aromatic rings. The van der Waals surface area contributed by atoms with Gasteiger partial charge in [-0.2, -0.15) is 0 Å². The molecule has 1 aliphatic carbocycles. The molecule has 0 radical (unpaired) electrons. The molecular weight excluding hydrogens is 380 g/mol. The maximum Gasteiger partial charge on any atom is 0.255 e. The summed E-state index contributed by atoms with van der Waals surface area (Å²) >= 11 is 0. The Hall–Kier alpha value is -2.38. The lowest BCUT2D eigenvalue weighted by Gasteiger charge is -2.39. The molecule has 0 saturated carbocycles. The number of rotatable bonds is 4. The van der Waals surface area contributed by atoms with E-state index in [0.717, 1.165) is 81.4 Å². The standard InChI is InChI=1S/C23H30N4O3/c1-29-18-4-2-17(3-5-18)16-26-10-8-23(9-11-26)7-6-19-20(23)24-22(25-21(19)28)27-12-14-30-15-13-27/h2-5H,6-16H2,1H3,(H,24,25,28). The van der Waals surface area contributed by atoms with Crippen LogP contribution in [0.3, 0.4) is 0 Å². The molecule has 7 nitrogen and oxygen atoms in total. The predicted molar refractivity (Wildman–Crippen MR) is 115 cm³/mol. The lowest BCUT2D eigenvalue weighted by molar-refractivity contribution is 0.122. The Morgan fingerprint density at radius 1 is 1.10 bits per heavy atom. The van der Waals surface area contributed by atoms with Crippen LogP contribution in [0.15, 0.2) is 29.1 Å². The monoisotopic (exact) mass is 410 g/mol. The van der Waals surface area contributed by atoms with Gasteiger partial charge in [0.15, 0.2) is 0 Å². The number of fused-ring (bicyclic) bond motifs is 2. The van der Waals surface area contributed by atoms with E-state index in [1.54, 1.807) is 7.11 Å². The number of nitrogens with one attached hydrogen (secondary N) is 1. The first-order chi connectivity index (χ1) is 14.7. The van der Waals surface area contributed by atoms with E-state index in [2.05, 4.69) is 26.9 Å². The van der Waals surface area contributed by atoms with Crippen molar-refractivity contribution in [2.75, 3.05) is 51.4 Å². The molecule has 1 aromatic heterocycles. The molecule has 0 bridgehead atoms. The molecular formula is C23H30N4O3. The average Bonchev–Trinajstić information content (AvgIpc) is 3.15. The van der Waals surface area contributed by atoms with Gasteiger partial charge < -0.3 is 14.4 Å². The van der Waals surface area contributed by atoms with E-state index in [1.165, 1.54) is 5.56 Å². The molecule has 0 amide bonds. The van der Waals surface area contributed by atoms with Gasteiger partial charge in [0.1, 0.15) is 5.75 Å². The van der Waals surface area contributed by atoms with Crippen LogP contribution in [-0.2, 0) is 23.1 Å². The fraction of sp³-hybridized carbons (Fsp3) is 0.565. The third-order valence-electron chi connectivity index (χ3n) is 7.05. The molecule has 0 unspecified atom stereocenters. The number of piperidine rings is 1. The molecule has 1 aromatic carbocycles. The van der Waals surface area contributed by atoms with Crippen molar-refractivity contribution in [2.24, 2.45) is 0 Å². The Bertz CT molecular complexity index is 942. The van der Waals surface area contributed by atoms with Crippen LogP contribution < -0.4 is 15.2 Å². The molecule has 1 spiro atoms. The van der Waals surface area contributed by atoms with E-state index in [9.17, 15) is 4.79 Å². The van der Waals surface area contributed by atoms with Gasteiger partial charge in [-0.05, 0) is 56.5 Å². The van der Waals surface area contributed by atoms with Gasteiger partial charge in [0.25, 0.3) is 5.56 Å². The molecule has 2 fully saturated rings. The molecule has 2 saturated heterocycles. The van der Waals surface area contributed by atoms with Gasteiger partial charge in [-0.15, -0.1) is 0 Å². The first-order valence-corrected chi connectivity index (χ1v) is 11.0. The van der Waals surface area contributed by atoms with Crippen molar-refractivity contribution in [3.8, 4) is 5.75 Å². The van der Waals surface area contributed by atoms with Crippen LogP contribution in [0.25, 0.3) is 0 Å². The minimum Gasteiger partial charge on any atom is -0.497 e. The minimum atomic E-state index is 0.0547. The summed E-state index contributed by atoms with van der Waals surface area (Å²) in [6.07, 6.45) is 4.02. The number of likely N-dealkylation sites (tertiary alicyclic amines) is 1. The minimum absolute atomic E-state index is 0.0547. The number of H-pyrrole nitrogens is 1. The molecule has 3 heterocycles. The summed E-state index contributed by atoms with van der Waals surface area (Å²) in [7, 11) is 1.70. The van der Waals surface area contributed by atoms with Crippen LogP contribution in [0.2, 0.25) is 0 Å². The van der Waals surface area contributed by atoms with E-state index >= 15 is 0 Å². The number of hydrogen-bond donors (Lipinski definition) is 1. The predicted octanol–water partition coefficient (Wildman–Crippen LogP) is 2.10. The number of aromatic nitrogens is 2. The fourth-order valence-corrected chi connectivity index (χ4v) is 5.18. The van der Waals surface area contributed by atoms with Crippen LogP contribution in [-0.4, -0.2) is 61.4 Å². The fourth-order valence-electron chi connectivity index (χ4n) is 5.18. The zero-order valence-corrected chi connectivity index (χ0v) is 17.7. The van der Waals surface area contributed by atoms with Crippen LogP contribution in [0.1, 0.15) is 36.1 Å². The Balaban J connectivity index is 1.31. The molecule has 5 rings (SSSR count). The van der Waals surface area contributed by atoms with Gasteiger partial charge in [0, 0.05) is 30.6 Å². The molecule has 30 heavy (non-hydrogen) atoms. The van der Waals surface area contributed by atoms with Gasteiger partial charge in [0.05, 0.1) is 26.0 Å². The van der Waals surface area contributed by atoms with Gasteiger partial charge >= 0.3 is 0 Å². The smallest absolute Gasteiger partial charge is 0.255 e. The maximum atomic E-state index is 12.8. The van der Waals surface area contributed by atoms with E-state index in [4.69, 9.17) is 14.5 Å². The number of nitrogens with zero attached hydrogens (tertiary/aromatic N) is 3. The second kappa shape index (κ2) is 8.04. The van der Waals surface area contributed by atoms with Crippen LogP contribution >= 0.6 is 0 Å². The SMILES string of the molecule is COc1ccc(CN2CCC3(CCc4c3nc(N3CCOCC3)[nH]c4=O)CC2)cc1. The van der Waals surface area contributed by atoms with Crippen molar-refractivity contribution in [2.45, 2.75) is 37.6 Å². The van der Waals surface area contributed by atoms with Crippen molar-refractivity contribution >= 4 is 5.95 Å². The third-order valence-corrected chi connectivity index (χ3v) is 7.05. The molecule has 7 heteroatoms. The quantitative estimate of drug-likeness (QED) is 0.832. The van der Waals surface area contributed by atoms with Crippen LogP contribution in [0.4, 0.5) is 5.95 Å². The van der Waals surface area contributed by atoms with E-state index in [-0.39, 0.29) is 11.0 Å². The van der Waals surface area contributed by atoms with Gasteiger partial charge in [0.2, 0.25) is 5.95 Å². The molecule has 2 aliphatic heterocycles. The summed E-state index contributed by atoms with van der Waals surface area (Å²) in [5, 5.41) is 0. The van der Waals surface area contributed by atoms with Crippen molar-refractivity contribution in [1.29, 1.82) is 0 Å². The second-order valence-corrected chi connectivity index (χ2v) is 8.72. The summed E-state index contributed by atoms with van der Waals surface area (Å²) in [6.45, 7) is 5.96. The van der Waals surface area contributed by atoms with Crippen molar-refractivity contribution in [3.05, 3.63) is 51.4 Å². The van der Waals surface area contributed by atoms with Gasteiger partial charge in [-0.1, -0.05) is 12.1 Å².